The molecule has 0 spiro atoms. The Morgan fingerprint density at radius 2 is 2.06 bits per heavy atom. The van der Waals surface area contributed by atoms with E-state index in [-0.39, 0.29) is 5.54 Å². The first-order valence-corrected chi connectivity index (χ1v) is 6.64. The number of nitrogens with zero attached hydrogens (tertiary/aromatic N) is 2. The Morgan fingerprint density at radius 1 is 1.29 bits per heavy atom. The van der Waals surface area contributed by atoms with E-state index in [1.54, 1.807) is 0 Å². The molecule has 1 aliphatic heterocycles. The highest BCUT2D eigenvalue weighted by atomic mass is 15.2. The van der Waals surface area contributed by atoms with Crippen molar-refractivity contribution in [1.29, 1.82) is 0 Å². The fraction of sp³-hybridized carbons (Fsp3) is 0.667. The van der Waals surface area contributed by atoms with Crippen molar-refractivity contribution in [3.8, 4) is 0 Å². The van der Waals surface area contributed by atoms with Gasteiger partial charge in [-0.25, -0.2) is 0 Å². The lowest BCUT2D eigenvalue weighted by atomic mass is 9.91. The van der Waals surface area contributed by atoms with E-state index in [0.29, 0.717) is 5.92 Å². The minimum absolute atomic E-state index is 0.281. The van der Waals surface area contributed by atoms with Crippen LogP contribution in [-0.2, 0) is 0 Å². The SMILES string of the molecule is Cc1ccc(C2CCCN(C(C)(C)C)C2)nc1. The summed E-state index contributed by atoms with van der Waals surface area (Å²) in [5.41, 5.74) is 2.80. The van der Waals surface area contributed by atoms with Crippen molar-refractivity contribution in [2.24, 2.45) is 0 Å². The monoisotopic (exact) mass is 232 g/mol. The van der Waals surface area contributed by atoms with Crippen molar-refractivity contribution in [2.45, 2.75) is 52.0 Å². The molecule has 2 nitrogen and oxygen atoms in total. The molecule has 2 heterocycles. The van der Waals surface area contributed by atoms with E-state index in [1.165, 1.54) is 30.6 Å². The van der Waals surface area contributed by atoms with Gasteiger partial charge in [-0.15, -0.1) is 0 Å². The van der Waals surface area contributed by atoms with Gasteiger partial charge in [-0.2, -0.15) is 0 Å². The topological polar surface area (TPSA) is 16.1 Å². The molecule has 2 rings (SSSR count). The van der Waals surface area contributed by atoms with Crippen LogP contribution >= 0.6 is 0 Å². The Kier molecular flexibility index (Phi) is 3.53. The molecule has 0 saturated carbocycles. The largest absolute Gasteiger partial charge is 0.298 e. The number of piperidine rings is 1. The maximum atomic E-state index is 4.59. The van der Waals surface area contributed by atoms with Gasteiger partial charge in [-0.3, -0.25) is 9.88 Å². The fourth-order valence-corrected chi connectivity index (χ4v) is 2.55. The van der Waals surface area contributed by atoms with Gasteiger partial charge in [0.05, 0.1) is 0 Å². The minimum Gasteiger partial charge on any atom is -0.298 e. The average molecular weight is 232 g/mol. The van der Waals surface area contributed by atoms with Gasteiger partial charge >= 0.3 is 0 Å². The second-order valence-corrected chi connectivity index (χ2v) is 6.22. The van der Waals surface area contributed by atoms with Crippen molar-refractivity contribution in [1.82, 2.24) is 9.88 Å². The van der Waals surface area contributed by atoms with Crippen LogP contribution < -0.4 is 0 Å². The summed E-state index contributed by atoms with van der Waals surface area (Å²) < 4.78 is 0. The van der Waals surface area contributed by atoms with E-state index in [9.17, 15) is 0 Å². The highest BCUT2D eigenvalue weighted by Gasteiger charge is 2.28. The molecule has 0 N–H and O–H groups in total. The summed E-state index contributed by atoms with van der Waals surface area (Å²) in [7, 11) is 0. The molecule has 1 aliphatic rings. The van der Waals surface area contributed by atoms with Crippen molar-refractivity contribution in [3.63, 3.8) is 0 Å². The standard InChI is InChI=1S/C15H24N2/c1-12-7-8-14(16-10-12)13-6-5-9-17(11-13)15(2,3)4/h7-8,10,13H,5-6,9,11H2,1-4H3. The second-order valence-electron chi connectivity index (χ2n) is 6.22. The normalized spacial score (nSPS) is 22.7. The molecule has 1 aromatic heterocycles. The third kappa shape index (κ3) is 3.06. The molecular formula is C15H24N2. The molecule has 0 aliphatic carbocycles. The van der Waals surface area contributed by atoms with Crippen LogP contribution in [0.5, 0.6) is 0 Å². The van der Waals surface area contributed by atoms with E-state index >= 15 is 0 Å². The molecule has 0 aromatic carbocycles. The van der Waals surface area contributed by atoms with Crippen LogP contribution in [0.2, 0.25) is 0 Å². The van der Waals surface area contributed by atoms with Crippen molar-refractivity contribution >= 4 is 0 Å². The summed E-state index contributed by atoms with van der Waals surface area (Å²) in [6, 6.07) is 4.38. The Morgan fingerprint density at radius 3 is 2.65 bits per heavy atom. The number of rotatable bonds is 1. The Labute approximate surface area is 105 Å². The third-order valence-electron chi connectivity index (χ3n) is 3.72. The van der Waals surface area contributed by atoms with E-state index in [2.05, 4.69) is 49.7 Å². The van der Waals surface area contributed by atoms with Gasteiger partial charge in [0.25, 0.3) is 0 Å². The maximum absolute atomic E-state index is 4.59. The van der Waals surface area contributed by atoms with Gasteiger partial charge in [0.2, 0.25) is 0 Å². The van der Waals surface area contributed by atoms with Crippen LogP contribution in [0.15, 0.2) is 18.3 Å². The first-order chi connectivity index (χ1) is 7.97. The predicted octanol–water partition coefficient (Wildman–Crippen LogP) is 3.37. The molecule has 0 radical (unpaired) electrons. The molecule has 1 atom stereocenters. The number of aryl methyl sites for hydroxylation is 1. The van der Waals surface area contributed by atoms with Crippen LogP contribution in [0.25, 0.3) is 0 Å². The zero-order chi connectivity index (χ0) is 12.5. The number of aromatic nitrogens is 1. The lowest BCUT2D eigenvalue weighted by Crippen LogP contribution is -2.46. The first-order valence-electron chi connectivity index (χ1n) is 6.64. The number of pyridine rings is 1. The van der Waals surface area contributed by atoms with E-state index in [4.69, 9.17) is 0 Å². The van der Waals surface area contributed by atoms with Crippen molar-refractivity contribution < 1.29 is 0 Å². The van der Waals surface area contributed by atoms with Crippen LogP contribution in [0, 0.1) is 6.92 Å². The first kappa shape index (κ1) is 12.6. The molecule has 0 bridgehead atoms. The predicted molar refractivity (Wildman–Crippen MR) is 72.3 cm³/mol. The molecular weight excluding hydrogens is 208 g/mol. The Bertz CT molecular complexity index is 362. The van der Waals surface area contributed by atoms with E-state index in [1.807, 2.05) is 6.20 Å². The summed E-state index contributed by atoms with van der Waals surface area (Å²) in [4.78, 5) is 7.18. The van der Waals surface area contributed by atoms with Gasteiger partial charge in [0.15, 0.2) is 0 Å². The van der Waals surface area contributed by atoms with Crippen molar-refractivity contribution in [3.05, 3.63) is 29.6 Å². The molecule has 1 saturated heterocycles. The van der Waals surface area contributed by atoms with Gasteiger partial charge in [-0.1, -0.05) is 6.07 Å². The van der Waals surface area contributed by atoms with Crippen molar-refractivity contribution in [2.75, 3.05) is 13.1 Å². The van der Waals surface area contributed by atoms with Crippen LogP contribution in [-0.4, -0.2) is 28.5 Å². The van der Waals surface area contributed by atoms with Gasteiger partial charge in [-0.05, 0) is 58.7 Å². The van der Waals surface area contributed by atoms with Gasteiger partial charge in [0.1, 0.15) is 0 Å². The highest BCUT2D eigenvalue weighted by Crippen LogP contribution is 2.29. The summed E-state index contributed by atoms with van der Waals surface area (Å²) >= 11 is 0. The molecule has 17 heavy (non-hydrogen) atoms. The Balaban J connectivity index is 2.09. The lowest BCUT2D eigenvalue weighted by molar-refractivity contribution is 0.0978. The van der Waals surface area contributed by atoms with Crippen LogP contribution in [0.3, 0.4) is 0 Å². The lowest BCUT2D eigenvalue weighted by Gasteiger charge is -2.41. The second kappa shape index (κ2) is 4.77. The average Bonchev–Trinajstić information content (AvgIpc) is 2.29. The molecule has 0 amide bonds. The summed E-state index contributed by atoms with van der Waals surface area (Å²) in [6.45, 7) is 11.4. The van der Waals surface area contributed by atoms with Crippen LogP contribution in [0.1, 0.15) is 50.8 Å². The number of hydrogen-bond acceptors (Lipinski definition) is 2. The van der Waals surface area contributed by atoms with Gasteiger partial charge < -0.3 is 0 Å². The molecule has 2 heteroatoms. The summed E-state index contributed by atoms with van der Waals surface area (Å²) in [6.07, 6.45) is 4.56. The highest BCUT2D eigenvalue weighted by molar-refractivity contribution is 5.16. The molecule has 1 aromatic rings. The Hall–Kier alpha value is -0.890. The smallest absolute Gasteiger partial charge is 0.0447 e. The number of likely N-dealkylation sites (tertiary alicyclic amines) is 1. The maximum Gasteiger partial charge on any atom is 0.0447 e. The van der Waals surface area contributed by atoms with E-state index < -0.39 is 0 Å². The molecule has 1 fully saturated rings. The molecule has 1 unspecified atom stereocenters. The third-order valence-corrected chi connectivity index (χ3v) is 3.72. The number of hydrogen-bond donors (Lipinski definition) is 0. The van der Waals surface area contributed by atoms with Gasteiger partial charge in [0, 0.05) is 29.9 Å². The minimum atomic E-state index is 0.281. The summed E-state index contributed by atoms with van der Waals surface area (Å²) in [5.74, 6) is 0.614. The summed E-state index contributed by atoms with van der Waals surface area (Å²) in [5, 5.41) is 0. The fourth-order valence-electron chi connectivity index (χ4n) is 2.55. The zero-order valence-corrected chi connectivity index (χ0v) is 11.5. The van der Waals surface area contributed by atoms with Crippen LogP contribution in [0.4, 0.5) is 0 Å². The quantitative estimate of drug-likeness (QED) is 0.738. The zero-order valence-electron chi connectivity index (χ0n) is 11.5. The molecule has 94 valence electrons. The van der Waals surface area contributed by atoms with E-state index in [0.717, 1.165) is 6.54 Å².